The van der Waals surface area contributed by atoms with E-state index in [1.165, 1.54) is 0 Å². The van der Waals surface area contributed by atoms with Crippen molar-refractivity contribution in [2.24, 2.45) is 0 Å². The van der Waals surface area contributed by atoms with Crippen LogP contribution in [-0.4, -0.2) is 49.6 Å². The summed E-state index contributed by atoms with van der Waals surface area (Å²) in [5, 5.41) is 12.7. The van der Waals surface area contributed by atoms with Crippen LogP contribution in [0.3, 0.4) is 0 Å². The Bertz CT molecular complexity index is 756. The third kappa shape index (κ3) is 6.25. The average molecular weight is 385 g/mol. The van der Waals surface area contributed by atoms with Crippen LogP contribution in [0.4, 0.5) is 0 Å². The molecule has 150 valence electrons. The van der Waals surface area contributed by atoms with Gasteiger partial charge in [-0.05, 0) is 61.7 Å². The highest BCUT2D eigenvalue weighted by Gasteiger charge is 2.16. The number of carbonyl (C=O) groups is 1. The summed E-state index contributed by atoms with van der Waals surface area (Å²) in [7, 11) is 0. The summed E-state index contributed by atoms with van der Waals surface area (Å²) >= 11 is 0. The molecule has 0 aromatic heterocycles. The number of ether oxygens (including phenoxy) is 3. The summed E-state index contributed by atoms with van der Waals surface area (Å²) in [6, 6.07) is 14.5. The zero-order valence-corrected chi connectivity index (χ0v) is 16.1. The zero-order chi connectivity index (χ0) is 19.8. The molecule has 6 heteroatoms. The quantitative estimate of drug-likeness (QED) is 0.694. The van der Waals surface area contributed by atoms with Gasteiger partial charge in [0.05, 0.1) is 6.10 Å². The van der Waals surface area contributed by atoms with Crippen molar-refractivity contribution in [2.45, 2.75) is 32.0 Å². The Morgan fingerprint density at radius 2 is 2.04 bits per heavy atom. The van der Waals surface area contributed by atoms with Crippen molar-refractivity contribution in [1.29, 1.82) is 0 Å². The van der Waals surface area contributed by atoms with Crippen LogP contribution in [0.25, 0.3) is 0 Å². The van der Waals surface area contributed by atoms with Gasteiger partial charge in [-0.1, -0.05) is 12.1 Å². The van der Waals surface area contributed by atoms with E-state index in [9.17, 15) is 9.90 Å². The first-order valence-electron chi connectivity index (χ1n) is 9.60. The minimum atomic E-state index is -0.793. The van der Waals surface area contributed by atoms with E-state index in [1.54, 1.807) is 24.3 Å². The number of hydrogen-bond donors (Lipinski definition) is 2. The van der Waals surface area contributed by atoms with Gasteiger partial charge in [0.25, 0.3) is 5.91 Å². The Hall–Kier alpha value is -2.57. The topological polar surface area (TPSA) is 77.0 Å². The summed E-state index contributed by atoms with van der Waals surface area (Å²) in [6.45, 7) is 3.53. The lowest BCUT2D eigenvalue weighted by Gasteiger charge is -2.14. The van der Waals surface area contributed by atoms with Crippen molar-refractivity contribution in [3.63, 3.8) is 0 Å². The summed E-state index contributed by atoms with van der Waals surface area (Å²) < 4.78 is 16.8. The van der Waals surface area contributed by atoms with Gasteiger partial charge in [0.2, 0.25) is 0 Å². The van der Waals surface area contributed by atoms with Crippen molar-refractivity contribution >= 4 is 5.91 Å². The number of nitrogens with one attached hydrogen (secondary N) is 1. The van der Waals surface area contributed by atoms with Crippen molar-refractivity contribution < 1.29 is 24.1 Å². The molecule has 2 N–H and O–H groups in total. The standard InChI is InChI=1S/C22H27NO5/c1-16-4-2-5-20(12-16)27-14-18(24)13-23-22(25)17-7-9-19(10-8-17)28-15-21-6-3-11-26-21/h2,4-5,7-10,12,18,21,24H,3,6,11,13-15H2,1H3,(H,23,25). The Morgan fingerprint density at radius 1 is 1.21 bits per heavy atom. The molecule has 2 atom stereocenters. The van der Waals surface area contributed by atoms with Gasteiger partial charge < -0.3 is 24.6 Å². The molecule has 1 aliphatic rings. The van der Waals surface area contributed by atoms with Crippen LogP contribution in [-0.2, 0) is 4.74 Å². The van der Waals surface area contributed by atoms with Crippen LogP contribution in [0.5, 0.6) is 11.5 Å². The molecule has 1 aliphatic heterocycles. The highest BCUT2D eigenvalue weighted by molar-refractivity contribution is 5.94. The maximum atomic E-state index is 12.2. The minimum Gasteiger partial charge on any atom is -0.491 e. The molecule has 6 nitrogen and oxygen atoms in total. The molecular formula is C22H27NO5. The summed E-state index contributed by atoms with van der Waals surface area (Å²) in [4.78, 5) is 12.2. The molecule has 1 saturated heterocycles. The zero-order valence-electron chi connectivity index (χ0n) is 16.1. The number of amides is 1. The second-order valence-electron chi connectivity index (χ2n) is 6.96. The van der Waals surface area contributed by atoms with Crippen LogP contribution in [0.2, 0.25) is 0 Å². The van der Waals surface area contributed by atoms with Gasteiger partial charge in [-0.3, -0.25) is 4.79 Å². The lowest BCUT2D eigenvalue weighted by Crippen LogP contribution is -2.35. The smallest absolute Gasteiger partial charge is 0.251 e. The fourth-order valence-electron chi connectivity index (χ4n) is 2.94. The molecule has 0 radical (unpaired) electrons. The highest BCUT2D eigenvalue weighted by Crippen LogP contribution is 2.17. The number of rotatable bonds is 9. The molecule has 2 aromatic rings. The molecular weight excluding hydrogens is 358 g/mol. The molecule has 1 fully saturated rings. The SMILES string of the molecule is Cc1cccc(OCC(O)CNC(=O)c2ccc(OCC3CCCO3)cc2)c1. The highest BCUT2D eigenvalue weighted by atomic mass is 16.5. The van der Waals surface area contributed by atoms with Crippen LogP contribution in [0.15, 0.2) is 48.5 Å². The Balaban J connectivity index is 1.38. The largest absolute Gasteiger partial charge is 0.491 e. The number of aliphatic hydroxyl groups excluding tert-OH is 1. The summed E-state index contributed by atoms with van der Waals surface area (Å²) in [6.07, 6.45) is 1.47. The molecule has 3 rings (SSSR count). The summed E-state index contributed by atoms with van der Waals surface area (Å²) in [5.41, 5.74) is 1.60. The van der Waals surface area contributed by atoms with Gasteiger partial charge in [0.1, 0.15) is 30.8 Å². The van der Waals surface area contributed by atoms with Gasteiger partial charge in [-0.2, -0.15) is 0 Å². The van der Waals surface area contributed by atoms with Crippen LogP contribution in [0.1, 0.15) is 28.8 Å². The summed E-state index contributed by atoms with van der Waals surface area (Å²) in [5.74, 6) is 1.16. The van der Waals surface area contributed by atoms with E-state index >= 15 is 0 Å². The maximum Gasteiger partial charge on any atom is 0.251 e. The van der Waals surface area contributed by atoms with Gasteiger partial charge in [0, 0.05) is 18.7 Å². The van der Waals surface area contributed by atoms with E-state index < -0.39 is 6.10 Å². The van der Waals surface area contributed by atoms with Crippen LogP contribution >= 0.6 is 0 Å². The molecule has 0 bridgehead atoms. The molecule has 0 aliphatic carbocycles. The third-order valence-corrected chi connectivity index (χ3v) is 4.51. The number of hydrogen-bond acceptors (Lipinski definition) is 5. The molecule has 2 unspecified atom stereocenters. The van der Waals surface area contributed by atoms with Gasteiger partial charge in [-0.25, -0.2) is 0 Å². The Kier molecular flexibility index (Phi) is 7.28. The second kappa shape index (κ2) is 10.1. The second-order valence-corrected chi connectivity index (χ2v) is 6.96. The van der Waals surface area contributed by atoms with Crippen molar-refractivity contribution in [3.8, 4) is 11.5 Å². The van der Waals surface area contributed by atoms with Gasteiger partial charge >= 0.3 is 0 Å². The fraction of sp³-hybridized carbons (Fsp3) is 0.409. The van der Waals surface area contributed by atoms with E-state index in [4.69, 9.17) is 14.2 Å². The Labute approximate surface area is 165 Å². The predicted octanol–water partition coefficient (Wildman–Crippen LogP) is 2.72. The monoisotopic (exact) mass is 385 g/mol. The lowest BCUT2D eigenvalue weighted by molar-refractivity contribution is 0.0679. The maximum absolute atomic E-state index is 12.2. The van der Waals surface area contributed by atoms with Crippen molar-refractivity contribution in [3.05, 3.63) is 59.7 Å². The first kappa shape index (κ1) is 20.2. The van der Waals surface area contributed by atoms with E-state index in [1.807, 2.05) is 31.2 Å². The molecule has 1 heterocycles. The van der Waals surface area contributed by atoms with Crippen LogP contribution in [0, 0.1) is 6.92 Å². The molecule has 28 heavy (non-hydrogen) atoms. The first-order valence-corrected chi connectivity index (χ1v) is 9.60. The molecule has 0 spiro atoms. The fourth-order valence-corrected chi connectivity index (χ4v) is 2.94. The van der Waals surface area contributed by atoms with E-state index in [-0.39, 0.29) is 25.2 Å². The molecule has 0 saturated carbocycles. The van der Waals surface area contributed by atoms with Crippen molar-refractivity contribution in [1.82, 2.24) is 5.32 Å². The normalized spacial score (nSPS) is 17.1. The molecule has 2 aromatic carbocycles. The van der Waals surface area contributed by atoms with E-state index in [0.29, 0.717) is 23.7 Å². The van der Waals surface area contributed by atoms with Gasteiger partial charge in [-0.15, -0.1) is 0 Å². The van der Waals surface area contributed by atoms with Crippen LogP contribution < -0.4 is 14.8 Å². The number of carbonyl (C=O) groups excluding carboxylic acids is 1. The molecule has 1 amide bonds. The lowest BCUT2D eigenvalue weighted by atomic mass is 10.2. The van der Waals surface area contributed by atoms with Crippen molar-refractivity contribution in [2.75, 3.05) is 26.4 Å². The first-order chi connectivity index (χ1) is 13.6. The number of aliphatic hydroxyl groups is 1. The van der Waals surface area contributed by atoms with E-state index in [0.717, 1.165) is 25.0 Å². The van der Waals surface area contributed by atoms with E-state index in [2.05, 4.69) is 5.32 Å². The minimum absolute atomic E-state index is 0.111. The number of benzene rings is 2. The number of aryl methyl sites for hydroxylation is 1. The average Bonchev–Trinajstić information content (AvgIpc) is 3.23. The Morgan fingerprint density at radius 3 is 2.75 bits per heavy atom. The third-order valence-electron chi connectivity index (χ3n) is 4.51. The predicted molar refractivity (Wildman–Crippen MR) is 106 cm³/mol. The van der Waals surface area contributed by atoms with Gasteiger partial charge in [0.15, 0.2) is 0 Å².